The SMILES string of the molecule is CCCCC(CC)C(=O)N(C)c1cc(C)ccc1C. The smallest absolute Gasteiger partial charge is 0.229 e. The summed E-state index contributed by atoms with van der Waals surface area (Å²) in [4.78, 5) is 14.4. The van der Waals surface area contributed by atoms with E-state index in [0.717, 1.165) is 36.9 Å². The lowest BCUT2D eigenvalue weighted by Crippen LogP contribution is -2.33. The van der Waals surface area contributed by atoms with Crippen LogP contribution in [-0.4, -0.2) is 13.0 Å². The van der Waals surface area contributed by atoms with Crippen molar-refractivity contribution in [1.82, 2.24) is 0 Å². The van der Waals surface area contributed by atoms with Gasteiger partial charge in [-0.05, 0) is 43.9 Å². The summed E-state index contributed by atoms with van der Waals surface area (Å²) < 4.78 is 0. The van der Waals surface area contributed by atoms with Gasteiger partial charge in [0, 0.05) is 18.7 Å². The summed E-state index contributed by atoms with van der Waals surface area (Å²) >= 11 is 0. The Balaban J connectivity index is 2.88. The fourth-order valence-electron chi connectivity index (χ4n) is 2.43. The molecule has 0 aromatic heterocycles. The van der Waals surface area contributed by atoms with Gasteiger partial charge in [-0.3, -0.25) is 4.79 Å². The molecule has 0 N–H and O–H groups in total. The molecule has 0 aliphatic rings. The largest absolute Gasteiger partial charge is 0.315 e. The van der Waals surface area contributed by atoms with Gasteiger partial charge in [0.25, 0.3) is 0 Å². The van der Waals surface area contributed by atoms with Gasteiger partial charge in [-0.25, -0.2) is 0 Å². The van der Waals surface area contributed by atoms with Crippen molar-refractivity contribution in [1.29, 1.82) is 0 Å². The van der Waals surface area contributed by atoms with Crippen LogP contribution in [0.3, 0.4) is 0 Å². The number of benzene rings is 1. The molecule has 0 aliphatic heterocycles. The van der Waals surface area contributed by atoms with E-state index in [2.05, 4.69) is 45.9 Å². The first-order valence-corrected chi connectivity index (χ1v) is 7.36. The Hall–Kier alpha value is -1.31. The fourth-order valence-corrected chi connectivity index (χ4v) is 2.43. The number of anilines is 1. The molecule has 2 heteroatoms. The fraction of sp³-hybridized carbons (Fsp3) is 0.588. The molecule has 1 aromatic rings. The third kappa shape index (κ3) is 4.09. The number of amides is 1. The van der Waals surface area contributed by atoms with Crippen LogP contribution < -0.4 is 4.90 Å². The van der Waals surface area contributed by atoms with Gasteiger partial charge >= 0.3 is 0 Å². The third-order valence-corrected chi connectivity index (χ3v) is 3.80. The number of unbranched alkanes of at least 4 members (excludes halogenated alkanes) is 1. The topological polar surface area (TPSA) is 20.3 Å². The lowest BCUT2D eigenvalue weighted by atomic mass is 9.97. The quantitative estimate of drug-likeness (QED) is 0.739. The van der Waals surface area contributed by atoms with Gasteiger partial charge in [-0.1, -0.05) is 38.8 Å². The van der Waals surface area contributed by atoms with E-state index in [0.29, 0.717) is 0 Å². The highest BCUT2D eigenvalue weighted by atomic mass is 16.2. The second-order valence-electron chi connectivity index (χ2n) is 5.43. The van der Waals surface area contributed by atoms with Crippen LogP contribution >= 0.6 is 0 Å². The Morgan fingerprint density at radius 1 is 1.26 bits per heavy atom. The second-order valence-corrected chi connectivity index (χ2v) is 5.43. The minimum Gasteiger partial charge on any atom is -0.315 e. The number of nitrogens with zero attached hydrogens (tertiary/aromatic N) is 1. The van der Waals surface area contributed by atoms with Crippen molar-refractivity contribution in [3.05, 3.63) is 29.3 Å². The molecule has 0 saturated carbocycles. The zero-order valence-electron chi connectivity index (χ0n) is 13.0. The normalized spacial score (nSPS) is 12.3. The molecule has 106 valence electrons. The van der Waals surface area contributed by atoms with Gasteiger partial charge in [0.1, 0.15) is 0 Å². The van der Waals surface area contributed by atoms with Crippen LogP contribution in [0.25, 0.3) is 0 Å². The highest BCUT2D eigenvalue weighted by Gasteiger charge is 2.21. The Kier molecular flexibility index (Phi) is 6.07. The molecule has 19 heavy (non-hydrogen) atoms. The molecule has 0 saturated heterocycles. The highest BCUT2D eigenvalue weighted by Crippen LogP contribution is 2.24. The van der Waals surface area contributed by atoms with E-state index >= 15 is 0 Å². The summed E-state index contributed by atoms with van der Waals surface area (Å²) in [6, 6.07) is 6.27. The first-order chi connectivity index (χ1) is 9.01. The summed E-state index contributed by atoms with van der Waals surface area (Å²) in [5.74, 6) is 0.412. The maximum atomic E-state index is 12.6. The lowest BCUT2D eigenvalue weighted by Gasteiger charge is -2.25. The Morgan fingerprint density at radius 2 is 1.95 bits per heavy atom. The number of carbonyl (C=O) groups excluding carboxylic acids is 1. The standard InChI is InChI=1S/C17H27NO/c1-6-8-9-15(7-2)17(19)18(5)16-12-13(3)10-11-14(16)4/h10-12,15H,6-9H2,1-5H3. The molecule has 1 aromatic carbocycles. The molecule has 0 bridgehead atoms. The minimum absolute atomic E-state index is 0.157. The van der Waals surface area contributed by atoms with Crippen molar-refractivity contribution in [2.75, 3.05) is 11.9 Å². The molecule has 0 aliphatic carbocycles. The number of rotatable bonds is 6. The summed E-state index contributed by atoms with van der Waals surface area (Å²) in [5, 5.41) is 0. The molecule has 0 spiro atoms. The van der Waals surface area contributed by atoms with E-state index in [1.165, 1.54) is 5.56 Å². The predicted molar refractivity (Wildman–Crippen MR) is 82.6 cm³/mol. The van der Waals surface area contributed by atoms with Crippen molar-refractivity contribution in [3.8, 4) is 0 Å². The van der Waals surface area contributed by atoms with Gasteiger partial charge in [-0.15, -0.1) is 0 Å². The Labute approximate surface area is 117 Å². The number of carbonyl (C=O) groups is 1. The zero-order chi connectivity index (χ0) is 14.4. The van der Waals surface area contributed by atoms with E-state index in [1.807, 2.05) is 11.9 Å². The van der Waals surface area contributed by atoms with E-state index < -0.39 is 0 Å². The minimum atomic E-state index is 0.157. The molecule has 0 heterocycles. The van der Waals surface area contributed by atoms with Crippen molar-refractivity contribution < 1.29 is 4.79 Å². The number of hydrogen-bond donors (Lipinski definition) is 0. The van der Waals surface area contributed by atoms with Crippen LogP contribution in [0.1, 0.15) is 50.7 Å². The van der Waals surface area contributed by atoms with Crippen molar-refractivity contribution in [3.63, 3.8) is 0 Å². The first kappa shape index (κ1) is 15.7. The van der Waals surface area contributed by atoms with E-state index in [9.17, 15) is 4.79 Å². The van der Waals surface area contributed by atoms with E-state index in [1.54, 1.807) is 0 Å². The van der Waals surface area contributed by atoms with E-state index in [-0.39, 0.29) is 11.8 Å². The van der Waals surface area contributed by atoms with Crippen LogP contribution in [0.5, 0.6) is 0 Å². The van der Waals surface area contributed by atoms with Crippen molar-refractivity contribution in [2.24, 2.45) is 5.92 Å². The van der Waals surface area contributed by atoms with Gasteiger partial charge in [0.15, 0.2) is 0 Å². The second kappa shape index (κ2) is 7.32. The number of hydrogen-bond acceptors (Lipinski definition) is 1. The summed E-state index contributed by atoms with van der Waals surface area (Å²) in [6.07, 6.45) is 4.21. The highest BCUT2D eigenvalue weighted by molar-refractivity contribution is 5.95. The van der Waals surface area contributed by atoms with Crippen molar-refractivity contribution >= 4 is 11.6 Å². The first-order valence-electron chi connectivity index (χ1n) is 7.36. The summed E-state index contributed by atoms with van der Waals surface area (Å²) in [6.45, 7) is 8.40. The molecule has 0 fully saturated rings. The molecular formula is C17H27NO. The van der Waals surface area contributed by atoms with E-state index in [4.69, 9.17) is 0 Å². The molecule has 1 amide bonds. The molecular weight excluding hydrogens is 234 g/mol. The summed E-state index contributed by atoms with van der Waals surface area (Å²) in [5.41, 5.74) is 3.40. The van der Waals surface area contributed by atoms with Gasteiger partial charge < -0.3 is 4.90 Å². The van der Waals surface area contributed by atoms with Gasteiger partial charge in [-0.2, -0.15) is 0 Å². The van der Waals surface area contributed by atoms with Gasteiger partial charge in [0.2, 0.25) is 5.91 Å². The van der Waals surface area contributed by atoms with Crippen molar-refractivity contribution in [2.45, 2.75) is 53.4 Å². The maximum Gasteiger partial charge on any atom is 0.229 e. The average molecular weight is 261 g/mol. The average Bonchev–Trinajstić information content (AvgIpc) is 2.41. The molecule has 1 unspecified atom stereocenters. The third-order valence-electron chi connectivity index (χ3n) is 3.80. The van der Waals surface area contributed by atoms with Crippen LogP contribution in [0.2, 0.25) is 0 Å². The lowest BCUT2D eigenvalue weighted by molar-refractivity contribution is -0.122. The monoisotopic (exact) mass is 261 g/mol. The van der Waals surface area contributed by atoms with Gasteiger partial charge in [0.05, 0.1) is 0 Å². The maximum absolute atomic E-state index is 12.6. The molecule has 0 radical (unpaired) electrons. The van der Waals surface area contributed by atoms with Crippen LogP contribution in [0.15, 0.2) is 18.2 Å². The van der Waals surface area contributed by atoms with Crippen LogP contribution in [0, 0.1) is 19.8 Å². The molecule has 2 nitrogen and oxygen atoms in total. The summed E-state index contributed by atoms with van der Waals surface area (Å²) in [7, 11) is 1.90. The predicted octanol–water partition coefficient (Wildman–Crippen LogP) is 4.48. The number of aryl methyl sites for hydroxylation is 2. The van der Waals surface area contributed by atoms with Crippen LogP contribution in [-0.2, 0) is 4.79 Å². The van der Waals surface area contributed by atoms with Crippen LogP contribution in [0.4, 0.5) is 5.69 Å². The molecule has 1 atom stereocenters. The molecule has 1 rings (SSSR count). The zero-order valence-corrected chi connectivity index (χ0v) is 13.0. The Morgan fingerprint density at radius 3 is 2.53 bits per heavy atom. The Bertz CT molecular complexity index is 425.